The van der Waals surface area contributed by atoms with Gasteiger partial charge in [0.25, 0.3) is 0 Å². The molecule has 1 heterocycles. The van der Waals surface area contributed by atoms with Gasteiger partial charge in [-0.3, -0.25) is 0 Å². The molecule has 0 saturated heterocycles. The number of allylic oxidation sites excluding steroid dienone is 2. The van der Waals surface area contributed by atoms with Crippen LogP contribution in [0, 0.1) is 0 Å². The lowest BCUT2D eigenvalue weighted by Gasteiger charge is -2.27. The molecule has 0 saturated carbocycles. The minimum absolute atomic E-state index is 0.148. The van der Waals surface area contributed by atoms with Gasteiger partial charge in [-0.15, -0.1) is 0 Å². The summed E-state index contributed by atoms with van der Waals surface area (Å²) in [6.45, 7) is 2.28. The lowest BCUT2D eigenvalue weighted by molar-refractivity contribution is 0.236. The predicted molar refractivity (Wildman–Crippen MR) is 102 cm³/mol. The molecule has 1 aromatic heterocycles. The number of rotatable bonds is 4. The van der Waals surface area contributed by atoms with Crippen LogP contribution >= 0.6 is 0 Å². The second-order valence-corrected chi connectivity index (χ2v) is 6.82. The van der Waals surface area contributed by atoms with Gasteiger partial charge in [0.05, 0.1) is 19.6 Å². The van der Waals surface area contributed by atoms with Crippen molar-refractivity contribution in [2.24, 2.45) is 0 Å². The summed E-state index contributed by atoms with van der Waals surface area (Å²) < 4.78 is 11.4. The largest absolute Gasteiger partial charge is 0.500 e. The molecule has 0 radical (unpaired) electrons. The molecule has 2 aromatic carbocycles. The lowest BCUT2D eigenvalue weighted by Crippen LogP contribution is -2.22. The van der Waals surface area contributed by atoms with Crippen molar-refractivity contribution in [1.29, 1.82) is 0 Å². The summed E-state index contributed by atoms with van der Waals surface area (Å²) in [5.41, 5.74) is 4.80. The van der Waals surface area contributed by atoms with Crippen molar-refractivity contribution in [3.05, 3.63) is 71.6 Å². The van der Waals surface area contributed by atoms with Gasteiger partial charge in [-0.2, -0.15) is 0 Å². The molecule has 128 valence electrons. The highest BCUT2D eigenvalue weighted by molar-refractivity contribution is 5.87. The number of ether oxygens (including phenoxy) is 2. The number of benzene rings is 2. The number of nitrogens with one attached hydrogen (secondary N) is 1. The van der Waals surface area contributed by atoms with E-state index in [0.717, 1.165) is 29.9 Å². The first-order chi connectivity index (χ1) is 12.2. The molecule has 0 bridgehead atoms. The van der Waals surface area contributed by atoms with E-state index >= 15 is 0 Å². The average molecular weight is 333 g/mol. The van der Waals surface area contributed by atoms with E-state index in [1.54, 1.807) is 14.2 Å². The van der Waals surface area contributed by atoms with Gasteiger partial charge in [0.2, 0.25) is 0 Å². The molecule has 0 spiro atoms. The molecule has 0 aliphatic heterocycles. The molecule has 3 aromatic rings. The highest BCUT2D eigenvalue weighted by Crippen LogP contribution is 2.50. The van der Waals surface area contributed by atoms with Crippen molar-refractivity contribution in [2.45, 2.75) is 25.2 Å². The van der Waals surface area contributed by atoms with Gasteiger partial charge >= 0.3 is 0 Å². The molecule has 0 amide bonds. The van der Waals surface area contributed by atoms with Crippen LogP contribution in [0.5, 0.6) is 5.75 Å². The molecule has 1 aliphatic rings. The highest BCUT2D eigenvalue weighted by Gasteiger charge is 2.41. The van der Waals surface area contributed by atoms with Crippen LogP contribution in [0.1, 0.15) is 30.9 Å². The normalized spacial score (nSPS) is 20.3. The summed E-state index contributed by atoms with van der Waals surface area (Å²) >= 11 is 0. The number of hydrogen-bond acceptors (Lipinski definition) is 2. The van der Waals surface area contributed by atoms with Crippen LogP contribution in [0.15, 0.2) is 60.5 Å². The molecule has 0 unspecified atom stereocenters. The Kier molecular flexibility index (Phi) is 3.79. The van der Waals surface area contributed by atoms with E-state index in [0.29, 0.717) is 0 Å². The first-order valence-electron chi connectivity index (χ1n) is 8.66. The number of hydrogen-bond donors (Lipinski definition) is 1. The standard InChI is InChI=1S/C22H23NO2/c1-22(19-14-23-20-10-9-16(24-2)13-18(19)20)12-11-17(21(22)25-3)15-7-5-4-6-8-15/h4-10,13-14,23H,11-12H2,1-3H3/t22-/m1/s1. The van der Waals surface area contributed by atoms with Crippen molar-refractivity contribution >= 4 is 16.5 Å². The quantitative estimate of drug-likeness (QED) is 0.704. The highest BCUT2D eigenvalue weighted by atomic mass is 16.5. The predicted octanol–water partition coefficient (Wildman–Crippen LogP) is 5.29. The van der Waals surface area contributed by atoms with Crippen molar-refractivity contribution in [2.75, 3.05) is 14.2 Å². The minimum atomic E-state index is -0.148. The molecule has 1 aliphatic carbocycles. The smallest absolute Gasteiger partial charge is 0.119 e. The van der Waals surface area contributed by atoms with Gasteiger partial charge in [-0.1, -0.05) is 30.3 Å². The van der Waals surface area contributed by atoms with Gasteiger partial charge in [-0.05, 0) is 54.7 Å². The summed E-state index contributed by atoms with van der Waals surface area (Å²) in [5, 5.41) is 1.20. The van der Waals surface area contributed by atoms with Crippen LogP contribution in [-0.4, -0.2) is 19.2 Å². The number of aromatic amines is 1. The van der Waals surface area contributed by atoms with E-state index in [-0.39, 0.29) is 5.41 Å². The third kappa shape index (κ3) is 2.42. The van der Waals surface area contributed by atoms with Crippen LogP contribution < -0.4 is 4.74 Å². The molecule has 4 rings (SSSR count). The van der Waals surface area contributed by atoms with E-state index < -0.39 is 0 Å². The molecular formula is C22H23NO2. The Hall–Kier alpha value is -2.68. The van der Waals surface area contributed by atoms with Crippen molar-refractivity contribution in [3.63, 3.8) is 0 Å². The van der Waals surface area contributed by atoms with Gasteiger partial charge in [0.1, 0.15) is 11.5 Å². The zero-order valence-electron chi connectivity index (χ0n) is 14.9. The molecule has 1 N–H and O–H groups in total. The van der Waals surface area contributed by atoms with E-state index in [4.69, 9.17) is 9.47 Å². The number of aromatic nitrogens is 1. The Labute approximate surface area is 148 Å². The first kappa shape index (κ1) is 15.8. The Bertz CT molecular complexity index is 939. The van der Waals surface area contributed by atoms with Crippen LogP contribution in [-0.2, 0) is 10.2 Å². The monoisotopic (exact) mass is 333 g/mol. The topological polar surface area (TPSA) is 34.2 Å². The lowest BCUT2D eigenvalue weighted by atomic mass is 9.80. The minimum Gasteiger partial charge on any atom is -0.500 e. The van der Waals surface area contributed by atoms with Gasteiger partial charge in [-0.25, -0.2) is 0 Å². The number of fused-ring (bicyclic) bond motifs is 1. The molecule has 25 heavy (non-hydrogen) atoms. The van der Waals surface area contributed by atoms with Crippen LogP contribution in [0.25, 0.3) is 16.5 Å². The Morgan fingerprint density at radius 2 is 1.80 bits per heavy atom. The first-order valence-corrected chi connectivity index (χ1v) is 8.66. The molecule has 3 heteroatoms. The molecular weight excluding hydrogens is 310 g/mol. The maximum Gasteiger partial charge on any atom is 0.119 e. The number of H-pyrrole nitrogens is 1. The zero-order valence-corrected chi connectivity index (χ0v) is 14.9. The van der Waals surface area contributed by atoms with E-state index in [1.807, 2.05) is 6.07 Å². The average Bonchev–Trinajstić information content (AvgIpc) is 3.23. The van der Waals surface area contributed by atoms with Gasteiger partial charge in [0.15, 0.2) is 0 Å². The SMILES string of the molecule is COC1=C(c2ccccc2)CC[C@]1(C)c1c[nH]c2ccc(OC)cc12. The summed E-state index contributed by atoms with van der Waals surface area (Å²) in [4.78, 5) is 3.41. The Morgan fingerprint density at radius 1 is 1.00 bits per heavy atom. The third-order valence-corrected chi connectivity index (χ3v) is 5.46. The van der Waals surface area contributed by atoms with Crippen LogP contribution in [0.4, 0.5) is 0 Å². The van der Waals surface area contributed by atoms with Crippen molar-refractivity contribution in [1.82, 2.24) is 4.98 Å². The maximum atomic E-state index is 5.96. The Morgan fingerprint density at radius 3 is 2.52 bits per heavy atom. The second-order valence-electron chi connectivity index (χ2n) is 6.82. The van der Waals surface area contributed by atoms with E-state index in [1.165, 1.54) is 22.1 Å². The van der Waals surface area contributed by atoms with Gasteiger partial charge < -0.3 is 14.5 Å². The molecule has 1 atom stereocenters. The van der Waals surface area contributed by atoms with Crippen molar-refractivity contribution in [3.8, 4) is 5.75 Å². The van der Waals surface area contributed by atoms with Crippen LogP contribution in [0.2, 0.25) is 0 Å². The van der Waals surface area contributed by atoms with Gasteiger partial charge in [0, 0.05) is 17.1 Å². The third-order valence-electron chi connectivity index (χ3n) is 5.46. The summed E-state index contributed by atoms with van der Waals surface area (Å²) in [6.07, 6.45) is 4.17. The zero-order chi connectivity index (χ0) is 17.4. The second kappa shape index (κ2) is 5.99. The van der Waals surface area contributed by atoms with Crippen molar-refractivity contribution < 1.29 is 9.47 Å². The summed E-state index contributed by atoms with van der Waals surface area (Å²) in [6, 6.07) is 16.7. The van der Waals surface area contributed by atoms with E-state index in [2.05, 4.69) is 60.6 Å². The fraction of sp³-hybridized carbons (Fsp3) is 0.273. The Balaban J connectivity index is 1.88. The fourth-order valence-corrected chi connectivity index (χ4v) is 4.14. The summed E-state index contributed by atoms with van der Waals surface area (Å²) in [5.74, 6) is 1.95. The van der Waals surface area contributed by atoms with Crippen LogP contribution in [0.3, 0.4) is 0 Å². The fourth-order valence-electron chi connectivity index (χ4n) is 4.14. The van der Waals surface area contributed by atoms with E-state index in [9.17, 15) is 0 Å². The summed E-state index contributed by atoms with van der Waals surface area (Å²) in [7, 11) is 3.50. The molecule has 3 nitrogen and oxygen atoms in total. The molecule has 0 fully saturated rings. The number of methoxy groups -OCH3 is 2. The maximum absolute atomic E-state index is 5.96.